The predicted octanol–water partition coefficient (Wildman–Crippen LogP) is 7.75. The SMILES string of the molecule is Cn1c2ccccc2c2cc3sc4cccc(C5CCCCC5)c4c3cc21. The van der Waals surface area contributed by atoms with Gasteiger partial charge in [0.05, 0.1) is 0 Å². The van der Waals surface area contributed by atoms with Crippen molar-refractivity contribution in [1.82, 2.24) is 4.57 Å². The van der Waals surface area contributed by atoms with E-state index in [1.165, 1.54) is 74.1 Å². The summed E-state index contributed by atoms with van der Waals surface area (Å²) in [5.74, 6) is 0.739. The summed E-state index contributed by atoms with van der Waals surface area (Å²) in [7, 11) is 2.20. The lowest BCUT2D eigenvalue weighted by molar-refractivity contribution is 0.445. The molecule has 1 fully saturated rings. The maximum atomic E-state index is 2.45. The molecule has 1 saturated carbocycles. The molecular weight excluding hydrogens is 346 g/mol. The quantitative estimate of drug-likeness (QED) is 0.285. The number of thiophene rings is 1. The smallest absolute Gasteiger partial charge is 0.0495 e. The van der Waals surface area contributed by atoms with Crippen LogP contribution in [0.4, 0.5) is 0 Å². The first-order valence-corrected chi connectivity index (χ1v) is 11.0. The van der Waals surface area contributed by atoms with Gasteiger partial charge in [-0.1, -0.05) is 49.6 Å². The standard InChI is InChI=1S/C25H23NS/c1-26-21-12-6-5-10-18(21)19-15-24-20(14-22(19)26)25-17(11-7-13-23(25)27-24)16-8-3-2-4-9-16/h5-7,10-16H,2-4,8-9H2,1H3. The van der Waals surface area contributed by atoms with Gasteiger partial charge in [0.2, 0.25) is 0 Å². The lowest BCUT2D eigenvalue weighted by atomic mass is 9.82. The van der Waals surface area contributed by atoms with Gasteiger partial charge in [0, 0.05) is 49.0 Å². The van der Waals surface area contributed by atoms with E-state index in [1.807, 2.05) is 11.3 Å². The minimum atomic E-state index is 0.739. The van der Waals surface area contributed by atoms with Crippen LogP contribution in [0, 0.1) is 0 Å². The van der Waals surface area contributed by atoms with Crippen molar-refractivity contribution in [2.45, 2.75) is 38.0 Å². The Kier molecular flexibility index (Phi) is 3.40. The topological polar surface area (TPSA) is 4.93 Å². The Labute approximate surface area is 163 Å². The van der Waals surface area contributed by atoms with Gasteiger partial charge in [0.25, 0.3) is 0 Å². The van der Waals surface area contributed by atoms with Crippen molar-refractivity contribution < 1.29 is 0 Å². The first-order chi connectivity index (χ1) is 13.3. The maximum absolute atomic E-state index is 2.45. The van der Waals surface area contributed by atoms with Crippen LogP contribution in [0.2, 0.25) is 0 Å². The first kappa shape index (κ1) is 15.7. The number of hydrogen-bond acceptors (Lipinski definition) is 1. The van der Waals surface area contributed by atoms with Crippen LogP contribution in [0.15, 0.2) is 54.6 Å². The fraction of sp³-hybridized carbons (Fsp3) is 0.280. The van der Waals surface area contributed by atoms with Gasteiger partial charge in [0.15, 0.2) is 0 Å². The number of rotatable bonds is 1. The fourth-order valence-corrected chi connectivity index (χ4v) is 6.42. The summed E-state index contributed by atoms with van der Waals surface area (Å²) >= 11 is 1.96. The molecule has 5 aromatic rings. The molecule has 0 atom stereocenters. The molecule has 0 spiro atoms. The predicted molar refractivity (Wildman–Crippen MR) is 119 cm³/mol. The Balaban J connectivity index is 1.71. The highest BCUT2D eigenvalue weighted by Gasteiger charge is 2.20. The van der Waals surface area contributed by atoms with Gasteiger partial charge in [-0.25, -0.2) is 0 Å². The van der Waals surface area contributed by atoms with Crippen molar-refractivity contribution in [1.29, 1.82) is 0 Å². The minimum absolute atomic E-state index is 0.739. The number of nitrogens with zero attached hydrogens (tertiary/aromatic N) is 1. The molecule has 0 saturated heterocycles. The summed E-state index contributed by atoms with van der Waals surface area (Å²) in [4.78, 5) is 0. The van der Waals surface area contributed by atoms with E-state index in [2.05, 4.69) is 66.2 Å². The van der Waals surface area contributed by atoms with E-state index >= 15 is 0 Å². The molecule has 6 rings (SSSR count). The molecule has 0 N–H and O–H groups in total. The third kappa shape index (κ3) is 2.23. The molecule has 0 unspecified atom stereocenters. The van der Waals surface area contributed by atoms with E-state index in [0.29, 0.717) is 0 Å². The second-order valence-corrected chi connectivity index (χ2v) is 9.18. The summed E-state index contributed by atoms with van der Waals surface area (Å²) in [5, 5.41) is 5.72. The zero-order chi connectivity index (χ0) is 18.0. The molecule has 1 aliphatic rings. The Morgan fingerprint density at radius 1 is 0.778 bits per heavy atom. The fourth-order valence-electron chi connectivity index (χ4n) is 5.26. The monoisotopic (exact) mass is 369 g/mol. The largest absolute Gasteiger partial charge is 0.344 e. The summed E-state index contributed by atoms with van der Waals surface area (Å²) < 4.78 is 5.24. The minimum Gasteiger partial charge on any atom is -0.344 e. The van der Waals surface area contributed by atoms with Crippen LogP contribution in [0.1, 0.15) is 43.6 Å². The molecule has 2 heteroatoms. The maximum Gasteiger partial charge on any atom is 0.0495 e. The van der Waals surface area contributed by atoms with Crippen molar-refractivity contribution in [2.24, 2.45) is 7.05 Å². The molecule has 0 aliphatic heterocycles. The van der Waals surface area contributed by atoms with Crippen LogP contribution in [-0.4, -0.2) is 4.57 Å². The van der Waals surface area contributed by atoms with Gasteiger partial charge >= 0.3 is 0 Å². The summed E-state index contributed by atoms with van der Waals surface area (Å²) in [6.07, 6.45) is 6.89. The molecule has 27 heavy (non-hydrogen) atoms. The van der Waals surface area contributed by atoms with Crippen molar-refractivity contribution >= 4 is 53.3 Å². The third-order valence-corrected chi connectivity index (χ3v) is 7.73. The van der Waals surface area contributed by atoms with Crippen LogP contribution < -0.4 is 0 Å². The zero-order valence-electron chi connectivity index (χ0n) is 15.7. The molecule has 134 valence electrons. The van der Waals surface area contributed by atoms with Crippen LogP contribution in [0.3, 0.4) is 0 Å². The molecule has 1 aliphatic carbocycles. The Morgan fingerprint density at radius 3 is 2.52 bits per heavy atom. The number of aromatic nitrogens is 1. The van der Waals surface area contributed by atoms with E-state index in [4.69, 9.17) is 0 Å². The molecule has 1 nitrogen and oxygen atoms in total. The van der Waals surface area contributed by atoms with E-state index in [0.717, 1.165) is 5.92 Å². The van der Waals surface area contributed by atoms with E-state index < -0.39 is 0 Å². The van der Waals surface area contributed by atoms with E-state index in [9.17, 15) is 0 Å². The number of fused-ring (bicyclic) bond motifs is 6. The van der Waals surface area contributed by atoms with Crippen molar-refractivity contribution in [2.75, 3.05) is 0 Å². The highest BCUT2D eigenvalue weighted by atomic mass is 32.1. The summed E-state index contributed by atoms with van der Waals surface area (Å²) in [6.45, 7) is 0. The van der Waals surface area contributed by atoms with Gasteiger partial charge in [-0.2, -0.15) is 0 Å². The lowest BCUT2D eigenvalue weighted by Crippen LogP contribution is -2.04. The average molecular weight is 370 g/mol. The Hall–Kier alpha value is -2.32. The van der Waals surface area contributed by atoms with Crippen LogP contribution in [0.25, 0.3) is 42.0 Å². The van der Waals surface area contributed by atoms with Crippen LogP contribution >= 0.6 is 11.3 Å². The average Bonchev–Trinajstić information content (AvgIpc) is 3.23. The van der Waals surface area contributed by atoms with Gasteiger partial charge in [-0.15, -0.1) is 11.3 Å². The van der Waals surface area contributed by atoms with Gasteiger partial charge < -0.3 is 4.57 Å². The summed E-state index contributed by atoms with van der Waals surface area (Å²) in [5.41, 5.74) is 4.26. The zero-order valence-corrected chi connectivity index (χ0v) is 16.5. The molecule has 0 bridgehead atoms. The van der Waals surface area contributed by atoms with E-state index in [1.54, 1.807) is 5.56 Å². The number of benzene rings is 3. The summed E-state index contributed by atoms with van der Waals surface area (Å²) in [6, 6.07) is 20.7. The van der Waals surface area contributed by atoms with Crippen molar-refractivity contribution in [3.63, 3.8) is 0 Å². The number of aryl methyl sites for hydroxylation is 1. The second kappa shape index (κ2) is 5.84. The lowest BCUT2D eigenvalue weighted by Gasteiger charge is -2.22. The number of para-hydroxylation sites is 1. The van der Waals surface area contributed by atoms with Gasteiger partial charge in [0.1, 0.15) is 0 Å². The first-order valence-electron chi connectivity index (χ1n) is 10.1. The van der Waals surface area contributed by atoms with Gasteiger partial charge in [-0.3, -0.25) is 0 Å². The normalized spacial score (nSPS) is 16.2. The second-order valence-electron chi connectivity index (χ2n) is 8.10. The highest BCUT2D eigenvalue weighted by Crippen LogP contribution is 2.44. The third-order valence-electron chi connectivity index (χ3n) is 6.61. The highest BCUT2D eigenvalue weighted by molar-refractivity contribution is 7.26. The molecule has 0 amide bonds. The molecular formula is C25H23NS. The molecule has 0 radical (unpaired) electrons. The number of hydrogen-bond donors (Lipinski definition) is 0. The van der Waals surface area contributed by atoms with Crippen molar-refractivity contribution in [3.8, 4) is 0 Å². The molecule has 3 aromatic carbocycles. The van der Waals surface area contributed by atoms with Crippen LogP contribution in [-0.2, 0) is 7.05 Å². The van der Waals surface area contributed by atoms with E-state index in [-0.39, 0.29) is 0 Å². The van der Waals surface area contributed by atoms with Crippen molar-refractivity contribution in [3.05, 3.63) is 60.2 Å². The Morgan fingerprint density at radius 2 is 1.63 bits per heavy atom. The van der Waals surface area contributed by atoms with Crippen LogP contribution in [0.5, 0.6) is 0 Å². The Bertz CT molecular complexity index is 1310. The van der Waals surface area contributed by atoms with Gasteiger partial charge in [-0.05, 0) is 48.6 Å². The molecule has 2 heterocycles. The molecule has 2 aromatic heterocycles.